The quantitative estimate of drug-likeness (QED) is 0.342. The van der Waals surface area contributed by atoms with Crippen LogP contribution in [0, 0.1) is 5.82 Å². The number of rotatable bonds is 8. The summed E-state index contributed by atoms with van der Waals surface area (Å²) in [6, 6.07) is 22.0. The van der Waals surface area contributed by atoms with Gasteiger partial charge in [-0.1, -0.05) is 73.1 Å². The summed E-state index contributed by atoms with van der Waals surface area (Å²) in [7, 11) is 0. The Balaban J connectivity index is 1.66. The van der Waals surface area contributed by atoms with Crippen molar-refractivity contribution in [2.75, 3.05) is 6.54 Å². The third-order valence-electron chi connectivity index (χ3n) is 5.74. The molecule has 0 aliphatic heterocycles. The smallest absolute Gasteiger partial charge is 0.352 e. The molecule has 6 heteroatoms. The maximum atomic E-state index is 13.5. The van der Waals surface area contributed by atoms with Crippen LogP contribution in [0.1, 0.15) is 40.0 Å². The molecule has 1 heterocycles. The van der Waals surface area contributed by atoms with Crippen LogP contribution in [0.2, 0.25) is 5.02 Å². The standard InChI is InChI=1S/C26H24ClFN2O2/c1-17(18-7-3-2-4-8-18)14-29-15-22-21-9-5-6-10-24(21)30(25(22)26(31)32)16-19-11-12-20(28)13-23(19)27/h2-13,17,29H,14-16H2,1H3,(H,31,32). The van der Waals surface area contributed by atoms with E-state index < -0.39 is 11.8 Å². The van der Waals surface area contributed by atoms with Crippen molar-refractivity contribution in [1.82, 2.24) is 9.88 Å². The van der Waals surface area contributed by atoms with E-state index in [-0.39, 0.29) is 23.2 Å². The first-order chi connectivity index (χ1) is 15.5. The molecule has 1 atom stereocenters. The summed E-state index contributed by atoms with van der Waals surface area (Å²) in [5.74, 6) is -1.14. The van der Waals surface area contributed by atoms with Crippen LogP contribution in [0.3, 0.4) is 0 Å². The first kappa shape index (κ1) is 22.1. The van der Waals surface area contributed by atoms with Gasteiger partial charge in [-0.05, 0) is 35.2 Å². The second kappa shape index (κ2) is 9.55. The van der Waals surface area contributed by atoms with Crippen molar-refractivity contribution in [3.05, 3.63) is 106 Å². The van der Waals surface area contributed by atoms with E-state index in [1.165, 1.54) is 17.7 Å². The summed E-state index contributed by atoms with van der Waals surface area (Å²) >= 11 is 6.23. The van der Waals surface area contributed by atoms with Gasteiger partial charge in [-0.2, -0.15) is 0 Å². The summed E-state index contributed by atoms with van der Waals surface area (Å²) in [5, 5.41) is 14.7. The summed E-state index contributed by atoms with van der Waals surface area (Å²) in [6.45, 7) is 3.51. The number of halogens is 2. The monoisotopic (exact) mass is 450 g/mol. The van der Waals surface area contributed by atoms with Gasteiger partial charge in [0.05, 0.1) is 0 Å². The molecule has 0 saturated heterocycles. The maximum Gasteiger partial charge on any atom is 0.352 e. The van der Waals surface area contributed by atoms with Gasteiger partial charge >= 0.3 is 5.97 Å². The number of hydrogen-bond donors (Lipinski definition) is 2. The number of aromatic carboxylic acids is 1. The van der Waals surface area contributed by atoms with E-state index in [1.54, 1.807) is 10.6 Å². The molecular weight excluding hydrogens is 427 g/mol. The number of hydrogen-bond acceptors (Lipinski definition) is 2. The van der Waals surface area contributed by atoms with Crippen molar-refractivity contribution >= 4 is 28.5 Å². The molecule has 4 rings (SSSR count). The van der Waals surface area contributed by atoms with Crippen molar-refractivity contribution in [2.24, 2.45) is 0 Å². The number of carboxylic acid groups (broad SMARTS) is 1. The first-order valence-corrected chi connectivity index (χ1v) is 10.9. The van der Waals surface area contributed by atoms with E-state index in [0.717, 1.165) is 16.5 Å². The molecule has 0 aliphatic carbocycles. The molecule has 1 unspecified atom stereocenters. The number of fused-ring (bicyclic) bond motifs is 1. The van der Waals surface area contributed by atoms with E-state index in [9.17, 15) is 14.3 Å². The number of carboxylic acids is 1. The van der Waals surface area contributed by atoms with Gasteiger partial charge in [0.2, 0.25) is 0 Å². The number of carbonyl (C=O) groups is 1. The molecule has 0 spiro atoms. The second-order valence-electron chi connectivity index (χ2n) is 7.91. The van der Waals surface area contributed by atoms with Gasteiger partial charge in [-0.15, -0.1) is 0 Å². The minimum atomic E-state index is -1.01. The third kappa shape index (κ3) is 4.54. The lowest BCUT2D eigenvalue weighted by molar-refractivity contribution is 0.0684. The molecule has 4 aromatic rings. The summed E-state index contributed by atoms with van der Waals surface area (Å²) in [6.07, 6.45) is 0. The van der Waals surface area contributed by atoms with Crippen molar-refractivity contribution in [1.29, 1.82) is 0 Å². The van der Waals surface area contributed by atoms with Crippen LogP contribution in [0.5, 0.6) is 0 Å². The molecular formula is C26H24ClFN2O2. The molecule has 0 radical (unpaired) electrons. The predicted molar refractivity (Wildman–Crippen MR) is 126 cm³/mol. The Kier molecular flexibility index (Phi) is 6.58. The van der Waals surface area contributed by atoms with Gasteiger partial charge in [0, 0.05) is 41.1 Å². The normalized spacial score (nSPS) is 12.2. The van der Waals surface area contributed by atoms with E-state index in [4.69, 9.17) is 11.6 Å². The van der Waals surface area contributed by atoms with E-state index >= 15 is 0 Å². The van der Waals surface area contributed by atoms with Gasteiger partial charge in [0.15, 0.2) is 0 Å². The molecule has 164 valence electrons. The van der Waals surface area contributed by atoms with Crippen LogP contribution >= 0.6 is 11.6 Å². The Bertz CT molecular complexity index is 1250. The lowest BCUT2D eigenvalue weighted by Gasteiger charge is -2.14. The van der Waals surface area contributed by atoms with Crippen molar-refractivity contribution < 1.29 is 14.3 Å². The van der Waals surface area contributed by atoms with Crippen LogP contribution in [0.4, 0.5) is 4.39 Å². The van der Waals surface area contributed by atoms with E-state index in [1.807, 2.05) is 42.5 Å². The zero-order valence-corrected chi connectivity index (χ0v) is 18.4. The fourth-order valence-electron chi connectivity index (χ4n) is 4.10. The average molecular weight is 451 g/mol. The summed E-state index contributed by atoms with van der Waals surface area (Å²) in [5.41, 5.74) is 3.64. The molecule has 3 aromatic carbocycles. The van der Waals surface area contributed by atoms with Crippen molar-refractivity contribution in [2.45, 2.75) is 25.9 Å². The summed E-state index contributed by atoms with van der Waals surface area (Å²) < 4.78 is 15.2. The van der Waals surface area contributed by atoms with Gasteiger partial charge in [-0.3, -0.25) is 0 Å². The number of aromatic nitrogens is 1. The highest BCUT2D eigenvalue weighted by Crippen LogP contribution is 2.29. The topological polar surface area (TPSA) is 54.3 Å². The first-order valence-electron chi connectivity index (χ1n) is 10.5. The molecule has 0 fully saturated rings. The highest BCUT2D eigenvalue weighted by atomic mass is 35.5. The highest BCUT2D eigenvalue weighted by molar-refractivity contribution is 6.31. The SMILES string of the molecule is CC(CNCc1c(C(=O)O)n(Cc2ccc(F)cc2Cl)c2ccccc12)c1ccccc1. The van der Waals surface area contributed by atoms with E-state index in [2.05, 4.69) is 24.4 Å². The molecule has 2 N–H and O–H groups in total. The van der Waals surface area contributed by atoms with Crippen LogP contribution in [-0.2, 0) is 13.1 Å². The van der Waals surface area contributed by atoms with E-state index in [0.29, 0.717) is 18.7 Å². The maximum absolute atomic E-state index is 13.5. The van der Waals surface area contributed by atoms with Crippen LogP contribution < -0.4 is 5.32 Å². The molecule has 32 heavy (non-hydrogen) atoms. The molecule has 0 saturated carbocycles. The lowest BCUT2D eigenvalue weighted by Crippen LogP contribution is -2.21. The Labute approximate surface area is 191 Å². The molecule has 4 nitrogen and oxygen atoms in total. The van der Waals surface area contributed by atoms with Gasteiger partial charge in [0.1, 0.15) is 11.5 Å². The number of nitrogens with zero attached hydrogens (tertiary/aromatic N) is 1. The molecule has 1 aromatic heterocycles. The highest BCUT2D eigenvalue weighted by Gasteiger charge is 2.23. The second-order valence-corrected chi connectivity index (χ2v) is 8.32. The van der Waals surface area contributed by atoms with Gasteiger partial charge in [0.25, 0.3) is 0 Å². The Morgan fingerprint density at radius 3 is 2.53 bits per heavy atom. The van der Waals surface area contributed by atoms with Crippen molar-refractivity contribution in [3.8, 4) is 0 Å². The molecule has 0 aliphatic rings. The van der Waals surface area contributed by atoms with Gasteiger partial charge < -0.3 is 15.0 Å². The minimum absolute atomic E-state index is 0.214. The van der Waals surface area contributed by atoms with Crippen LogP contribution in [0.15, 0.2) is 72.8 Å². The Morgan fingerprint density at radius 1 is 1.09 bits per heavy atom. The predicted octanol–water partition coefficient (Wildman–Crippen LogP) is 6.07. The lowest BCUT2D eigenvalue weighted by atomic mass is 10.0. The average Bonchev–Trinajstić information content (AvgIpc) is 3.10. The van der Waals surface area contributed by atoms with Crippen LogP contribution in [0.25, 0.3) is 10.9 Å². The number of benzene rings is 3. The number of nitrogens with one attached hydrogen (secondary N) is 1. The Morgan fingerprint density at radius 2 is 1.81 bits per heavy atom. The largest absolute Gasteiger partial charge is 0.477 e. The Hall–Kier alpha value is -3.15. The molecule has 0 bridgehead atoms. The van der Waals surface area contributed by atoms with Crippen LogP contribution in [-0.4, -0.2) is 22.2 Å². The minimum Gasteiger partial charge on any atom is -0.477 e. The third-order valence-corrected chi connectivity index (χ3v) is 6.09. The van der Waals surface area contributed by atoms with Gasteiger partial charge in [-0.25, -0.2) is 9.18 Å². The number of para-hydroxylation sites is 1. The van der Waals surface area contributed by atoms with Crippen molar-refractivity contribution in [3.63, 3.8) is 0 Å². The molecule has 0 amide bonds. The zero-order chi connectivity index (χ0) is 22.7. The zero-order valence-electron chi connectivity index (χ0n) is 17.7. The fourth-order valence-corrected chi connectivity index (χ4v) is 4.32. The fraction of sp³-hybridized carbons (Fsp3) is 0.192. The summed E-state index contributed by atoms with van der Waals surface area (Å²) in [4.78, 5) is 12.3.